The van der Waals surface area contributed by atoms with E-state index in [-0.39, 0.29) is 35.7 Å². The van der Waals surface area contributed by atoms with Crippen molar-refractivity contribution in [1.29, 1.82) is 0 Å². The van der Waals surface area contributed by atoms with E-state index in [9.17, 15) is 8.78 Å². The molecule has 0 unspecified atom stereocenters. The number of rotatable bonds is 6. The minimum atomic E-state index is -2.83. The van der Waals surface area contributed by atoms with Gasteiger partial charge in [0.25, 0.3) is 0 Å². The maximum absolute atomic E-state index is 12.9. The van der Waals surface area contributed by atoms with E-state index >= 15 is 0 Å². The van der Waals surface area contributed by atoms with E-state index in [0.717, 1.165) is 30.5 Å². The van der Waals surface area contributed by atoms with Crippen LogP contribution in [0.4, 0.5) is 8.78 Å². The highest BCUT2D eigenvalue weighted by Crippen LogP contribution is 2.30. The van der Waals surface area contributed by atoms with Gasteiger partial charge in [0.05, 0.1) is 0 Å². The van der Waals surface area contributed by atoms with Crippen LogP contribution in [0.3, 0.4) is 0 Å². The van der Waals surface area contributed by atoms with Gasteiger partial charge in [-0.05, 0) is 42.0 Å². The van der Waals surface area contributed by atoms with E-state index in [4.69, 9.17) is 4.74 Å². The van der Waals surface area contributed by atoms with Crippen molar-refractivity contribution in [2.24, 2.45) is 0 Å². The van der Waals surface area contributed by atoms with Crippen LogP contribution in [0.5, 0.6) is 5.75 Å². The zero-order valence-electron chi connectivity index (χ0n) is 17.3. The molecule has 6 heteroatoms. The molecule has 0 saturated carbocycles. The molecular weight excluding hydrogens is 394 g/mol. The molecule has 2 aromatic rings. The first kappa shape index (κ1) is 23.6. The van der Waals surface area contributed by atoms with Gasteiger partial charge in [-0.15, -0.1) is 12.4 Å². The van der Waals surface area contributed by atoms with Crippen LogP contribution in [0.25, 0.3) is 0 Å². The fraction of sp³-hybridized carbons (Fsp3) is 0.478. The topological polar surface area (TPSA) is 33.3 Å². The van der Waals surface area contributed by atoms with Gasteiger partial charge in [-0.2, -0.15) is 8.78 Å². The summed E-state index contributed by atoms with van der Waals surface area (Å²) in [5, 5.41) is 7.18. The molecule has 0 aliphatic carbocycles. The third kappa shape index (κ3) is 6.39. The second-order valence-electron chi connectivity index (χ2n) is 8.42. The molecule has 2 N–H and O–H groups in total. The van der Waals surface area contributed by atoms with E-state index in [1.54, 1.807) is 6.07 Å². The summed E-state index contributed by atoms with van der Waals surface area (Å²) in [5.74, 6) is 0.246. The molecular formula is C23H31ClF2N2O. The minimum absolute atomic E-state index is 0. The van der Waals surface area contributed by atoms with Gasteiger partial charge in [-0.25, -0.2) is 0 Å². The normalized spacial score (nSPS) is 19.7. The van der Waals surface area contributed by atoms with E-state index in [0.29, 0.717) is 6.54 Å². The molecule has 0 amide bonds. The van der Waals surface area contributed by atoms with Gasteiger partial charge in [0.15, 0.2) is 0 Å². The lowest BCUT2D eigenvalue weighted by atomic mass is 9.86. The Kier molecular flexibility index (Phi) is 8.44. The Hall–Kier alpha value is -1.69. The number of halogens is 3. The predicted octanol–water partition coefficient (Wildman–Crippen LogP) is 5.59. The molecule has 2 aromatic carbocycles. The highest BCUT2D eigenvalue weighted by molar-refractivity contribution is 5.85. The number of hydrogen-bond acceptors (Lipinski definition) is 3. The van der Waals surface area contributed by atoms with Crippen LogP contribution in [-0.2, 0) is 12.0 Å². The molecule has 160 valence electrons. The number of ether oxygens (including phenoxy) is 1. The van der Waals surface area contributed by atoms with Crippen LogP contribution in [0.15, 0.2) is 48.5 Å². The van der Waals surface area contributed by atoms with E-state index in [1.165, 1.54) is 5.56 Å². The zero-order chi connectivity index (χ0) is 20.1. The first-order valence-electron chi connectivity index (χ1n) is 9.94. The van der Waals surface area contributed by atoms with E-state index < -0.39 is 6.61 Å². The molecule has 1 fully saturated rings. The van der Waals surface area contributed by atoms with E-state index in [1.807, 2.05) is 30.3 Å². The smallest absolute Gasteiger partial charge is 0.387 e. The van der Waals surface area contributed by atoms with Gasteiger partial charge in [0.1, 0.15) is 5.75 Å². The summed E-state index contributed by atoms with van der Waals surface area (Å²) in [5.41, 5.74) is 3.06. The third-order valence-electron chi connectivity index (χ3n) is 5.31. The summed E-state index contributed by atoms with van der Waals surface area (Å²) >= 11 is 0. The molecule has 2 atom stereocenters. The second kappa shape index (κ2) is 10.4. The van der Waals surface area contributed by atoms with Crippen molar-refractivity contribution in [2.45, 2.75) is 64.3 Å². The Bertz CT molecular complexity index is 765. The number of hydrogen-bond donors (Lipinski definition) is 2. The van der Waals surface area contributed by atoms with Gasteiger partial charge in [0, 0.05) is 24.2 Å². The number of benzene rings is 2. The third-order valence-corrected chi connectivity index (χ3v) is 5.31. The average Bonchev–Trinajstić information content (AvgIpc) is 2.67. The fourth-order valence-electron chi connectivity index (χ4n) is 3.76. The van der Waals surface area contributed by atoms with Crippen LogP contribution < -0.4 is 15.4 Å². The highest BCUT2D eigenvalue weighted by Gasteiger charge is 2.26. The molecule has 3 rings (SSSR count). The fourth-order valence-corrected chi connectivity index (χ4v) is 3.76. The molecule has 0 aromatic heterocycles. The van der Waals surface area contributed by atoms with Gasteiger partial charge in [-0.1, -0.05) is 63.2 Å². The SMILES string of the molecule is CC(C)(C)c1ccc(OC(F)F)c(CN[C@H]2CCCN[C@H]2c2ccccc2)c1.Cl. The number of piperidine rings is 1. The Morgan fingerprint density at radius 1 is 1.14 bits per heavy atom. The monoisotopic (exact) mass is 424 g/mol. The summed E-state index contributed by atoms with van der Waals surface area (Å²) in [7, 11) is 0. The van der Waals surface area contributed by atoms with Gasteiger partial charge >= 0.3 is 6.61 Å². The van der Waals surface area contributed by atoms with Gasteiger partial charge in [-0.3, -0.25) is 0 Å². The van der Waals surface area contributed by atoms with Crippen molar-refractivity contribution < 1.29 is 13.5 Å². The summed E-state index contributed by atoms with van der Waals surface area (Å²) in [6, 6.07) is 16.3. The van der Waals surface area contributed by atoms with Crippen LogP contribution in [0.2, 0.25) is 0 Å². The molecule has 0 spiro atoms. The van der Waals surface area contributed by atoms with E-state index in [2.05, 4.69) is 43.5 Å². The molecule has 0 radical (unpaired) electrons. The summed E-state index contributed by atoms with van der Waals surface area (Å²) in [6.07, 6.45) is 2.12. The van der Waals surface area contributed by atoms with Crippen LogP contribution in [0, 0.1) is 0 Å². The lowest BCUT2D eigenvalue weighted by Gasteiger charge is -2.34. The maximum Gasteiger partial charge on any atom is 0.387 e. The van der Waals surface area contributed by atoms with Crippen molar-refractivity contribution in [3.63, 3.8) is 0 Å². The Morgan fingerprint density at radius 3 is 2.52 bits per heavy atom. The lowest BCUT2D eigenvalue weighted by Crippen LogP contribution is -2.45. The lowest BCUT2D eigenvalue weighted by molar-refractivity contribution is -0.0505. The van der Waals surface area contributed by atoms with Crippen LogP contribution in [-0.4, -0.2) is 19.2 Å². The Labute approximate surface area is 178 Å². The standard InChI is InChI=1S/C23H30F2N2O.ClH/c1-23(2,3)18-11-12-20(28-22(24)25)17(14-18)15-27-19-10-7-13-26-21(19)16-8-5-4-6-9-16;/h4-6,8-9,11-12,14,19,21-22,26-27H,7,10,13,15H2,1-3H3;1H/t19-,21-;/m0./s1. The molecule has 1 aliphatic heterocycles. The summed E-state index contributed by atoms with van der Waals surface area (Å²) in [4.78, 5) is 0. The predicted molar refractivity (Wildman–Crippen MR) is 116 cm³/mol. The summed E-state index contributed by atoms with van der Waals surface area (Å²) in [6.45, 7) is 4.99. The van der Waals surface area contributed by atoms with Gasteiger partial charge < -0.3 is 15.4 Å². The van der Waals surface area contributed by atoms with Crippen LogP contribution >= 0.6 is 12.4 Å². The summed E-state index contributed by atoms with van der Waals surface area (Å²) < 4.78 is 30.5. The van der Waals surface area contributed by atoms with Crippen molar-refractivity contribution in [3.8, 4) is 5.75 Å². The molecule has 1 saturated heterocycles. The first-order valence-corrected chi connectivity index (χ1v) is 9.94. The second-order valence-corrected chi connectivity index (χ2v) is 8.42. The van der Waals surface area contributed by atoms with Crippen molar-refractivity contribution in [3.05, 3.63) is 65.2 Å². The molecule has 3 nitrogen and oxygen atoms in total. The molecule has 1 heterocycles. The van der Waals surface area contributed by atoms with Crippen LogP contribution in [0.1, 0.15) is 56.3 Å². The average molecular weight is 425 g/mol. The first-order chi connectivity index (χ1) is 13.3. The highest BCUT2D eigenvalue weighted by atomic mass is 35.5. The van der Waals surface area contributed by atoms with Crippen molar-refractivity contribution >= 4 is 12.4 Å². The number of alkyl halides is 2. The van der Waals surface area contributed by atoms with Gasteiger partial charge in [0.2, 0.25) is 0 Å². The minimum Gasteiger partial charge on any atom is -0.434 e. The quantitative estimate of drug-likeness (QED) is 0.634. The largest absolute Gasteiger partial charge is 0.434 e. The molecule has 29 heavy (non-hydrogen) atoms. The van der Waals surface area contributed by atoms with Crippen molar-refractivity contribution in [1.82, 2.24) is 10.6 Å². The maximum atomic E-state index is 12.9. The Morgan fingerprint density at radius 2 is 1.86 bits per heavy atom. The molecule has 0 bridgehead atoms. The van der Waals surface area contributed by atoms with Crippen molar-refractivity contribution in [2.75, 3.05) is 6.54 Å². The number of nitrogens with one attached hydrogen (secondary N) is 2. The zero-order valence-corrected chi connectivity index (χ0v) is 18.1. The molecule has 1 aliphatic rings. The Balaban J connectivity index is 0.00000300.